The molecule has 1 saturated heterocycles. The number of carbonyl (C=O) groups is 1. The molecule has 3 aliphatic rings. The molecule has 0 amide bonds. The molecule has 5 nitrogen and oxygen atoms in total. The Kier molecular flexibility index (Phi) is 8.57. The van der Waals surface area contributed by atoms with Crippen molar-refractivity contribution in [2.75, 3.05) is 0 Å². The van der Waals surface area contributed by atoms with E-state index in [1.165, 1.54) is 0 Å². The largest absolute Gasteiger partial charge is 0.491 e. The van der Waals surface area contributed by atoms with Gasteiger partial charge in [-0.15, -0.1) is 0 Å². The topological polar surface area (TPSA) is 87.0 Å². The van der Waals surface area contributed by atoms with Crippen molar-refractivity contribution in [3.05, 3.63) is 24.0 Å². The minimum absolute atomic E-state index is 0.0206. The van der Waals surface area contributed by atoms with Crippen LogP contribution < -0.4 is 0 Å². The molecule has 0 spiro atoms. The number of aliphatic hydroxyl groups is 2. The van der Waals surface area contributed by atoms with Crippen LogP contribution >= 0.6 is 0 Å². The number of halogens is 1. The van der Waals surface area contributed by atoms with Gasteiger partial charge in [-0.3, -0.25) is 4.79 Å². The van der Waals surface area contributed by atoms with E-state index in [1.807, 2.05) is 0 Å². The number of aliphatic hydroxyl groups excluding tert-OH is 2. The highest BCUT2D eigenvalue weighted by Crippen LogP contribution is 2.48. The number of rotatable bonds is 9. The van der Waals surface area contributed by atoms with Crippen LogP contribution in [0.2, 0.25) is 0 Å². The van der Waals surface area contributed by atoms with E-state index in [4.69, 9.17) is 4.74 Å². The molecule has 0 aromatic rings. The van der Waals surface area contributed by atoms with Crippen LogP contribution in [-0.4, -0.2) is 45.8 Å². The van der Waals surface area contributed by atoms with E-state index in [0.29, 0.717) is 37.4 Å². The first-order valence-corrected chi connectivity index (χ1v) is 12.1. The highest BCUT2D eigenvalue weighted by atomic mass is 19.1. The van der Waals surface area contributed by atoms with Gasteiger partial charge < -0.3 is 20.1 Å². The molecule has 0 bridgehead atoms. The molecular formula is C25H39FO5. The molecule has 0 aromatic carbocycles. The second-order valence-corrected chi connectivity index (χ2v) is 9.98. The number of aliphatic carboxylic acids is 1. The maximum absolute atomic E-state index is 15.3. The normalized spacial score (nSPS) is 38.9. The number of carboxylic acid groups (broad SMARTS) is 1. The van der Waals surface area contributed by atoms with Crippen molar-refractivity contribution in [2.45, 2.75) is 96.1 Å². The second kappa shape index (κ2) is 11.0. The maximum atomic E-state index is 15.3. The molecule has 1 aliphatic heterocycles. The third-order valence-electron chi connectivity index (χ3n) is 7.40. The van der Waals surface area contributed by atoms with Crippen molar-refractivity contribution in [1.29, 1.82) is 0 Å². The SMILES string of the molecule is CCCC[C@H](C)C[C@H](O)/C=C/[C@@H]1[C@@H]2[C@H](C[C@H]1O)O/C(=C\C1CCCC(C(=O)O)C1)[C@@H]2F. The number of allylic oxidation sites excluding steroid dienone is 2. The van der Waals surface area contributed by atoms with Crippen molar-refractivity contribution >= 4 is 5.97 Å². The number of unbranched alkanes of at least 4 members (excludes halogenated alkanes) is 1. The first-order valence-electron chi connectivity index (χ1n) is 12.1. The average Bonchev–Trinajstić information content (AvgIpc) is 3.19. The average molecular weight is 439 g/mol. The fraction of sp³-hybridized carbons (Fsp3) is 0.800. The van der Waals surface area contributed by atoms with Gasteiger partial charge in [0.2, 0.25) is 0 Å². The number of hydrogen-bond acceptors (Lipinski definition) is 4. The van der Waals surface area contributed by atoms with Crippen LogP contribution in [0, 0.1) is 29.6 Å². The monoisotopic (exact) mass is 438 g/mol. The summed E-state index contributed by atoms with van der Waals surface area (Å²) in [7, 11) is 0. The Morgan fingerprint density at radius 2 is 2.10 bits per heavy atom. The van der Waals surface area contributed by atoms with Crippen LogP contribution in [0.25, 0.3) is 0 Å². The molecule has 2 unspecified atom stereocenters. The number of hydrogen-bond donors (Lipinski definition) is 3. The Hall–Kier alpha value is -1.40. The minimum atomic E-state index is -1.30. The summed E-state index contributed by atoms with van der Waals surface area (Å²) in [5, 5.41) is 30.1. The maximum Gasteiger partial charge on any atom is 0.306 e. The number of alkyl halides is 1. The van der Waals surface area contributed by atoms with Crippen LogP contribution in [0.4, 0.5) is 4.39 Å². The van der Waals surface area contributed by atoms with E-state index in [2.05, 4.69) is 13.8 Å². The predicted molar refractivity (Wildman–Crippen MR) is 117 cm³/mol. The van der Waals surface area contributed by atoms with E-state index in [0.717, 1.165) is 32.1 Å². The van der Waals surface area contributed by atoms with Crippen LogP contribution in [-0.2, 0) is 9.53 Å². The fourth-order valence-corrected chi connectivity index (χ4v) is 5.64. The molecular weight excluding hydrogens is 399 g/mol. The van der Waals surface area contributed by atoms with E-state index < -0.39 is 30.3 Å². The van der Waals surface area contributed by atoms with E-state index in [-0.39, 0.29) is 23.9 Å². The van der Waals surface area contributed by atoms with E-state index >= 15 is 4.39 Å². The fourth-order valence-electron chi connectivity index (χ4n) is 5.64. The van der Waals surface area contributed by atoms with Crippen molar-refractivity contribution in [3.63, 3.8) is 0 Å². The summed E-state index contributed by atoms with van der Waals surface area (Å²) in [5.74, 6) is -1.24. The Morgan fingerprint density at radius 3 is 2.81 bits per heavy atom. The minimum Gasteiger partial charge on any atom is -0.491 e. The molecule has 3 fully saturated rings. The molecule has 2 saturated carbocycles. The lowest BCUT2D eigenvalue weighted by Crippen LogP contribution is -2.25. The van der Waals surface area contributed by atoms with E-state index in [1.54, 1.807) is 18.2 Å². The van der Waals surface area contributed by atoms with Gasteiger partial charge in [0.1, 0.15) is 11.9 Å². The Balaban J connectivity index is 1.61. The third kappa shape index (κ3) is 6.10. The molecule has 1 heterocycles. The van der Waals surface area contributed by atoms with Gasteiger partial charge in [0.15, 0.2) is 6.17 Å². The van der Waals surface area contributed by atoms with Gasteiger partial charge in [-0.1, -0.05) is 51.7 Å². The first kappa shape index (κ1) is 24.2. The van der Waals surface area contributed by atoms with E-state index in [9.17, 15) is 20.1 Å². The molecule has 6 heteroatoms. The zero-order valence-electron chi connectivity index (χ0n) is 18.8. The van der Waals surface area contributed by atoms with Crippen molar-refractivity contribution in [3.8, 4) is 0 Å². The van der Waals surface area contributed by atoms with Gasteiger partial charge in [-0.25, -0.2) is 4.39 Å². The Morgan fingerprint density at radius 1 is 1.32 bits per heavy atom. The van der Waals surface area contributed by atoms with Crippen molar-refractivity contribution in [2.24, 2.45) is 29.6 Å². The van der Waals surface area contributed by atoms with Gasteiger partial charge in [0.25, 0.3) is 0 Å². The summed E-state index contributed by atoms with van der Waals surface area (Å²) in [4.78, 5) is 11.3. The van der Waals surface area contributed by atoms with Crippen LogP contribution in [0.1, 0.15) is 71.6 Å². The zero-order valence-corrected chi connectivity index (χ0v) is 18.8. The number of carboxylic acids is 1. The number of ether oxygens (including phenoxy) is 1. The second-order valence-electron chi connectivity index (χ2n) is 9.98. The molecule has 0 aromatic heterocycles. The summed E-state index contributed by atoms with van der Waals surface area (Å²) >= 11 is 0. The molecule has 0 radical (unpaired) electrons. The van der Waals surface area contributed by atoms with Gasteiger partial charge in [-0.2, -0.15) is 0 Å². The zero-order chi connectivity index (χ0) is 22.5. The quantitative estimate of drug-likeness (QED) is 0.457. The van der Waals surface area contributed by atoms with Crippen molar-refractivity contribution < 1.29 is 29.2 Å². The lowest BCUT2D eigenvalue weighted by molar-refractivity contribution is -0.143. The summed E-state index contributed by atoms with van der Waals surface area (Å²) < 4.78 is 21.2. The third-order valence-corrected chi connectivity index (χ3v) is 7.40. The highest BCUT2D eigenvalue weighted by molar-refractivity contribution is 5.70. The van der Waals surface area contributed by atoms with Crippen molar-refractivity contribution in [1.82, 2.24) is 0 Å². The lowest BCUT2D eigenvalue weighted by atomic mass is 9.80. The van der Waals surface area contributed by atoms with Gasteiger partial charge in [-0.05, 0) is 43.6 Å². The lowest BCUT2D eigenvalue weighted by Gasteiger charge is -2.25. The van der Waals surface area contributed by atoms with Crippen LogP contribution in [0.3, 0.4) is 0 Å². The van der Waals surface area contributed by atoms with Crippen LogP contribution in [0.5, 0.6) is 0 Å². The van der Waals surface area contributed by atoms with Gasteiger partial charge in [0, 0.05) is 18.3 Å². The summed E-state index contributed by atoms with van der Waals surface area (Å²) in [6.45, 7) is 4.28. The van der Waals surface area contributed by atoms with Gasteiger partial charge >= 0.3 is 5.97 Å². The molecule has 31 heavy (non-hydrogen) atoms. The molecule has 9 atom stereocenters. The predicted octanol–water partition coefficient (Wildman–Crippen LogP) is 4.63. The highest BCUT2D eigenvalue weighted by Gasteiger charge is 2.53. The number of fused-ring (bicyclic) bond motifs is 1. The van der Waals surface area contributed by atoms with Gasteiger partial charge in [0.05, 0.1) is 18.1 Å². The standard InChI is InChI=1S/C25H39FO5/c1-3-4-6-15(2)11-18(27)9-10-19-20(28)14-21-23(19)24(26)22(31-21)13-16-7-5-8-17(12-16)25(29)30/h9-10,13,15-21,23-24,27-28H,3-8,11-12,14H2,1-2H3,(H,29,30)/b10-9+,22-13-/t15-,16?,17?,18+,19-,20+,21-,23+,24-/m0/s1. The molecule has 2 aliphatic carbocycles. The summed E-state index contributed by atoms with van der Waals surface area (Å²) in [5.41, 5.74) is 0. The molecule has 3 rings (SSSR count). The van der Waals surface area contributed by atoms with Crippen LogP contribution in [0.15, 0.2) is 24.0 Å². The Bertz CT molecular complexity index is 662. The summed E-state index contributed by atoms with van der Waals surface area (Å²) in [6, 6.07) is 0. The molecule has 3 N–H and O–H groups in total. The molecule has 176 valence electrons. The first-order chi connectivity index (χ1) is 14.8. The Labute approximate surface area is 185 Å². The smallest absolute Gasteiger partial charge is 0.306 e. The summed E-state index contributed by atoms with van der Waals surface area (Å²) in [6.07, 6.45) is 9.65.